The number of nitrogens with one attached hydrogen (secondary N) is 1. The molecule has 1 aliphatic rings. The molecule has 0 aliphatic carbocycles. The van der Waals surface area contributed by atoms with Crippen molar-refractivity contribution in [3.8, 4) is 10.4 Å². The summed E-state index contributed by atoms with van der Waals surface area (Å²) in [6.07, 6.45) is -3.77. The molecule has 2 aromatic heterocycles. The predicted octanol–water partition coefficient (Wildman–Crippen LogP) is -0.470. The summed E-state index contributed by atoms with van der Waals surface area (Å²) in [4.78, 5) is 26.7. The van der Waals surface area contributed by atoms with Crippen molar-refractivity contribution >= 4 is 22.9 Å². The molecule has 0 spiro atoms. The topological polar surface area (TPSA) is 125 Å². The van der Waals surface area contributed by atoms with Crippen LogP contribution in [0.15, 0.2) is 27.9 Å². The van der Waals surface area contributed by atoms with Crippen LogP contribution < -0.4 is 11.2 Å². The second-order valence-corrected chi connectivity index (χ2v) is 6.76. The van der Waals surface area contributed by atoms with Crippen LogP contribution in [-0.2, 0) is 4.74 Å². The molecular formula is C13H13ClN2O6S. The van der Waals surface area contributed by atoms with Crippen LogP contribution in [0.1, 0.15) is 6.23 Å². The molecule has 0 unspecified atom stereocenters. The van der Waals surface area contributed by atoms with E-state index in [1.165, 1.54) is 6.20 Å². The number of nitrogens with zero attached hydrogens (tertiary/aromatic N) is 1. The summed E-state index contributed by atoms with van der Waals surface area (Å²) in [5.41, 5.74) is -1.22. The Kier molecular flexibility index (Phi) is 4.41. The van der Waals surface area contributed by atoms with E-state index in [4.69, 9.17) is 21.4 Å². The Labute approximate surface area is 138 Å². The molecule has 1 fully saturated rings. The number of aliphatic hydroxyl groups is 3. The van der Waals surface area contributed by atoms with Gasteiger partial charge in [0.25, 0.3) is 5.56 Å². The number of aromatic amines is 1. The van der Waals surface area contributed by atoms with Gasteiger partial charge in [-0.2, -0.15) is 0 Å². The minimum absolute atomic E-state index is 0.180. The van der Waals surface area contributed by atoms with Gasteiger partial charge in [-0.1, -0.05) is 11.6 Å². The first-order valence-electron chi connectivity index (χ1n) is 6.66. The van der Waals surface area contributed by atoms with E-state index in [1.54, 1.807) is 12.1 Å². The zero-order chi connectivity index (χ0) is 16.7. The van der Waals surface area contributed by atoms with Crippen molar-refractivity contribution in [3.05, 3.63) is 43.5 Å². The van der Waals surface area contributed by atoms with Crippen LogP contribution in [0.2, 0.25) is 4.34 Å². The molecule has 0 amide bonds. The molecule has 4 N–H and O–H groups in total. The van der Waals surface area contributed by atoms with E-state index >= 15 is 0 Å². The van der Waals surface area contributed by atoms with Gasteiger partial charge in [0, 0.05) is 11.1 Å². The number of aliphatic hydroxyl groups excluding tert-OH is 3. The fraction of sp³-hybridized carbons (Fsp3) is 0.385. The molecule has 8 nitrogen and oxygen atoms in total. The Morgan fingerprint density at radius 1 is 1.30 bits per heavy atom. The highest BCUT2D eigenvalue weighted by molar-refractivity contribution is 7.19. The van der Waals surface area contributed by atoms with E-state index in [1.807, 2.05) is 0 Å². The molecular weight excluding hydrogens is 348 g/mol. The van der Waals surface area contributed by atoms with Crippen molar-refractivity contribution in [3.63, 3.8) is 0 Å². The van der Waals surface area contributed by atoms with Crippen LogP contribution in [0.4, 0.5) is 0 Å². The number of hydrogen-bond acceptors (Lipinski definition) is 7. The number of thiophene rings is 1. The van der Waals surface area contributed by atoms with Crippen LogP contribution >= 0.6 is 22.9 Å². The first-order valence-corrected chi connectivity index (χ1v) is 7.85. The lowest BCUT2D eigenvalue weighted by molar-refractivity contribution is -0.0549. The van der Waals surface area contributed by atoms with Crippen LogP contribution in [0.5, 0.6) is 0 Å². The van der Waals surface area contributed by atoms with E-state index in [2.05, 4.69) is 4.98 Å². The number of halogens is 1. The number of aromatic nitrogens is 2. The van der Waals surface area contributed by atoms with Crippen molar-refractivity contribution in [1.82, 2.24) is 9.55 Å². The second-order valence-electron chi connectivity index (χ2n) is 5.04. The number of hydrogen-bond donors (Lipinski definition) is 4. The monoisotopic (exact) mass is 360 g/mol. The molecule has 0 saturated carbocycles. The number of H-pyrrole nitrogens is 1. The summed E-state index contributed by atoms with van der Waals surface area (Å²) in [5.74, 6) is 0. The normalized spacial score (nSPS) is 27.5. The Hall–Kier alpha value is -1.49. The van der Waals surface area contributed by atoms with Gasteiger partial charge in [0.05, 0.1) is 16.5 Å². The average molecular weight is 361 g/mol. The van der Waals surface area contributed by atoms with E-state index in [-0.39, 0.29) is 5.56 Å². The molecule has 2 aromatic rings. The summed E-state index contributed by atoms with van der Waals surface area (Å²) < 4.78 is 6.76. The fourth-order valence-electron chi connectivity index (χ4n) is 2.42. The average Bonchev–Trinajstić information content (AvgIpc) is 3.05. The lowest BCUT2D eigenvalue weighted by Crippen LogP contribution is -2.38. The molecule has 0 aromatic carbocycles. The van der Waals surface area contributed by atoms with Gasteiger partial charge in [-0.15, -0.1) is 11.3 Å². The molecule has 0 radical (unpaired) electrons. The van der Waals surface area contributed by atoms with Crippen LogP contribution in [0.25, 0.3) is 10.4 Å². The summed E-state index contributed by atoms with van der Waals surface area (Å²) in [6, 6.07) is 3.24. The number of rotatable bonds is 3. The van der Waals surface area contributed by atoms with Crippen LogP contribution in [-0.4, -0.2) is 49.8 Å². The van der Waals surface area contributed by atoms with E-state index < -0.39 is 42.4 Å². The van der Waals surface area contributed by atoms with Gasteiger partial charge in [0.2, 0.25) is 0 Å². The Morgan fingerprint density at radius 3 is 2.61 bits per heavy atom. The molecule has 23 heavy (non-hydrogen) atoms. The smallest absolute Gasteiger partial charge is 0.330 e. The highest BCUT2D eigenvalue weighted by Gasteiger charge is 2.43. The molecule has 124 valence electrons. The van der Waals surface area contributed by atoms with Gasteiger partial charge in [-0.3, -0.25) is 14.3 Å². The fourth-order valence-corrected chi connectivity index (χ4v) is 3.47. The van der Waals surface area contributed by atoms with Gasteiger partial charge in [0.1, 0.15) is 18.3 Å². The zero-order valence-corrected chi connectivity index (χ0v) is 13.1. The SMILES string of the molecule is O=c1[nH]c(=O)n([C@H]2O[C@@H](CO)[C@H](O)[C@H]2O)cc1-c1ccc(Cl)s1. The molecule has 3 heterocycles. The first kappa shape index (κ1) is 16.4. The van der Waals surface area contributed by atoms with E-state index in [0.717, 1.165) is 15.9 Å². The Balaban J connectivity index is 2.07. The molecule has 4 atom stereocenters. The maximum atomic E-state index is 12.0. The third kappa shape index (κ3) is 2.87. The third-order valence-corrected chi connectivity index (χ3v) is 4.86. The zero-order valence-electron chi connectivity index (χ0n) is 11.5. The quantitative estimate of drug-likeness (QED) is 0.586. The third-order valence-electron chi connectivity index (χ3n) is 3.60. The lowest BCUT2D eigenvalue weighted by Gasteiger charge is -2.17. The van der Waals surface area contributed by atoms with Crippen molar-refractivity contribution in [2.45, 2.75) is 24.5 Å². The summed E-state index contributed by atoms with van der Waals surface area (Å²) in [7, 11) is 0. The maximum absolute atomic E-state index is 12.0. The first-order chi connectivity index (χ1) is 10.9. The highest BCUT2D eigenvalue weighted by Crippen LogP contribution is 2.31. The van der Waals surface area contributed by atoms with Gasteiger partial charge in [-0.05, 0) is 12.1 Å². The number of ether oxygens (including phenoxy) is 1. The summed E-state index contributed by atoms with van der Waals surface area (Å²) in [5, 5.41) is 28.9. The lowest BCUT2D eigenvalue weighted by atomic mass is 10.1. The second kappa shape index (κ2) is 6.19. The minimum Gasteiger partial charge on any atom is -0.394 e. The van der Waals surface area contributed by atoms with Crippen LogP contribution in [0.3, 0.4) is 0 Å². The van der Waals surface area contributed by atoms with E-state index in [0.29, 0.717) is 9.21 Å². The van der Waals surface area contributed by atoms with Gasteiger partial charge in [0.15, 0.2) is 6.23 Å². The standard InChI is InChI=1S/C13H13ClN2O6S/c14-8-2-1-7(23-8)5-3-16(13(21)15-11(5)20)12-10(19)9(18)6(4-17)22-12/h1-3,6,9-10,12,17-19H,4H2,(H,15,20,21)/t6-,9-,10+,12-/m0/s1. The minimum atomic E-state index is -1.42. The van der Waals surface area contributed by atoms with Crippen molar-refractivity contribution in [2.75, 3.05) is 6.61 Å². The summed E-state index contributed by atoms with van der Waals surface area (Å²) >= 11 is 7.01. The molecule has 0 bridgehead atoms. The van der Waals surface area contributed by atoms with Gasteiger partial charge in [-0.25, -0.2) is 4.79 Å². The van der Waals surface area contributed by atoms with Crippen molar-refractivity contribution in [2.24, 2.45) is 0 Å². The Morgan fingerprint density at radius 2 is 2.04 bits per heavy atom. The van der Waals surface area contributed by atoms with Gasteiger partial charge < -0.3 is 20.1 Å². The van der Waals surface area contributed by atoms with Crippen molar-refractivity contribution < 1.29 is 20.1 Å². The largest absolute Gasteiger partial charge is 0.394 e. The molecule has 3 rings (SSSR count). The molecule has 1 aliphatic heterocycles. The molecule has 1 saturated heterocycles. The highest BCUT2D eigenvalue weighted by atomic mass is 35.5. The maximum Gasteiger partial charge on any atom is 0.330 e. The summed E-state index contributed by atoms with van der Waals surface area (Å²) in [6.45, 7) is -0.514. The van der Waals surface area contributed by atoms with Crippen molar-refractivity contribution in [1.29, 1.82) is 0 Å². The van der Waals surface area contributed by atoms with E-state index in [9.17, 15) is 19.8 Å². The molecule has 10 heteroatoms. The Bertz CT molecular complexity index is 830. The predicted molar refractivity (Wildman–Crippen MR) is 82.7 cm³/mol. The van der Waals surface area contributed by atoms with Gasteiger partial charge >= 0.3 is 5.69 Å². The van der Waals surface area contributed by atoms with Crippen LogP contribution in [0, 0.1) is 0 Å².